The van der Waals surface area contributed by atoms with E-state index in [-0.39, 0.29) is 11.8 Å². The average Bonchev–Trinajstić information content (AvgIpc) is 2.83. The van der Waals surface area contributed by atoms with Gasteiger partial charge < -0.3 is 10.2 Å². The van der Waals surface area contributed by atoms with Crippen LogP contribution in [0.1, 0.15) is 41.3 Å². The van der Waals surface area contributed by atoms with E-state index in [9.17, 15) is 9.59 Å². The zero-order chi connectivity index (χ0) is 17.1. The zero-order valence-corrected chi connectivity index (χ0v) is 14.0. The Kier molecular flexibility index (Phi) is 5.16. The van der Waals surface area contributed by atoms with Crippen LogP contribution in [0.15, 0.2) is 18.2 Å². The van der Waals surface area contributed by atoms with Crippen LogP contribution in [0.4, 0.5) is 0 Å². The number of amides is 2. The molecule has 2 amide bonds. The molecule has 24 heavy (non-hydrogen) atoms. The van der Waals surface area contributed by atoms with Gasteiger partial charge in [0.15, 0.2) is 0 Å². The molecule has 0 spiro atoms. The van der Waals surface area contributed by atoms with E-state index in [1.54, 1.807) is 17.6 Å². The first-order valence-electron chi connectivity index (χ1n) is 8.66. The topological polar surface area (TPSA) is 81.7 Å². The van der Waals surface area contributed by atoms with Gasteiger partial charge in [-0.1, -0.05) is 13.0 Å². The first-order valence-corrected chi connectivity index (χ1v) is 8.66. The van der Waals surface area contributed by atoms with Crippen LogP contribution in [-0.4, -0.2) is 41.6 Å². The fraction of sp³-hybridized carbons (Fsp3) is 0.556. The standard InChI is InChI=1S/C18H25N3O3/c1-12-4-7-19-8-5-16(12)18(23)21-9-6-13-10-14(17(22)20-24)2-3-15(13)11-21/h2-3,10,12,16,19,24H,4-9,11H2,1H3,(H,20,22). The van der Waals surface area contributed by atoms with E-state index in [0.29, 0.717) is 24.6 Å². The lowest BCUT2D eigenvalue weighted by Crippen LogP contribution is -2.41. The number of hydroxylamine groups is 1. The van der Waals surface area contributed by atoms with Gasteiger partial charge >= 0.3 is 0 Å². The van der Waals surface area contributed by atoms with Crippen molar-refractivity contribution in [1.82, 2.24) is 15.7 Å². The predicted octanol–water partition coefficient (Wildman–Crippen LogP) is 1.33. The number of hydrogen-bond acceptors (Lipinski definition) is 4. The first-order chi connectivity index (χ1) is 11.6. The molecule has 0 aliphatic carbocycles. The molecule has 2 aliphatic heterocycles. The van der Waals surface area contributed by atoms with Gasteiger partial charge in [-0.25, -0.2) is 5.48 Å². The summed E-state index contributed by atoms with van der Waals surface area (Å²) in [5.41, 5.74) is 4.27. The Morgan fingerprint density at radius 3 is 2.83 bits per heavy atom. The van der Waals surface area contributed by atoms with Crippen molar-refractivity contribution in [3.63, 3.8) is 0 Å². The Morgan fingerprint density at radius 2 is 2.04 bits per heavy atom. The third-order valence-corrected chi connectivity index (χ3v) is 5.31. The number of carbonyl (C=O) groups excluding carboxylic acids is 2. The van der Waals surface area contributed by atoms with E-state index in [1.807, 2.05) is 11.0 Å². The van der Waals surface area contributed by atoms with Gasteiger partial charge in [-0.15, -0.1) is 0 Å². The quantitative estimate of drug-likeness (QED) is 0.564. The Hall–Kier alpha value is -1.92. The molecule has 2 atom stereocenters. The van der Waals surface area contributed by atoms with Crippen LogP contribution >= 0.6 is 0 Å². The minimum Gasteiger partial charge on any atom is -0.338 e. The Balaban J connectivity index is 1.72. The van der Waals surface area contributed by atoms with Gasteiger partial charge in [-0.2, -0.15) is 0 Å². The molecule has 3 rings (SSSR count). The van der Waals surface area contributed by atoms with Crippen LogP contribution in [0.25, 0.3) is 0 Å². The van der Waals surface area contributed by atoms with Crippen molar-refractivity contribution in [1.29, 1.82) is 0 Å². The van der Waals surface area contributed by atoms with E-state index < -0.39 is 5.91 Å². The molecule has 6 nitrogen and oxygen atoms in total. The molecule has 1 aromatic carbocycles. The van der Waals surface area contributed by atoms with Gasteiger partial charge in [0.25, 0.3) is 5.91 Å². The smallest absolute Gasteiger partial charge is 0.274 e. The van der Waals surface area contributed by atoms with Crippen LogP contribution < -0.4 is 10.8 Å². The average molecular weight is 331 g/mol. The van der Waals surface area contributed by atoms with Crippen LogP contribution in [0.5, 0.6) is 0 Å². The lowest BCUT2D eigenvalue weighted by molar-refractivity contribution is -0.138. The fourth-order valence-electron chi connectivity index (χ4n) is 3.75. The highest BCUT2D eigenvalue weighted by atomic mass is 16.5. The number of benzene rings is 1. The first kappa shape index (κ1) is 16.9. The van der Waals surface area contributed by atoms with E-state index >= 15 is 0 Å². The Labute approximate surface area is 142 Å². The second-order valence-electron chi connectivity index (χ2n) is 6.85. The summed E-state index contributed by atoms with van der Waals surface area (Å²) in [6.07, 6.45) is 2.69. The van der Waals surface area contributed by atoms with Crippen molar-refractivity contribution >= 4 is 11.8 Å². The molecule has 1 aromatic rings. The molecule has 0 aromatic heterocycles. The molecular formula is C18H25N3O3. The third kappa shape index (κ3) is 3.44. The molecular weight excluding hydrogens is 306 g/mol. The number of nitrogens with one attached hydrogen (secondary N) is 2. The van der Waals surface area contributed by atoms with E-state index in [2.05, 4.69) is 12.2 Å². The highest BCUT2D eigenvalue weighted by Crippen LogP contribution is 2.27. The lowest BCUT2D eigenvalue weighted by Gasteiger charge is -2.33. The van der Waals surface area contributed by atoms with Crippen LogP contribution in [-0.2, 0) is 17.8 Å². The Bertz CT molecular complexity index is 632. The van der Waals surface area contributed by atoms with E-state index in [1.165, 1.54) is 0 Å². The van der Waals surface area contributed by atoms with Gasteiger partial charge in [0, 0.05) is 24.6 Å². The summed E-state index contributed by atoms with van der Waals surface area (Å²) in [7, 11) is 0. The number of carbonyl (C=O) groups is 2. The molecule has 0 saturated carbocycles. The van der Waals surface area contributed by atoms with Gasteiger partial charge in [0.05, 0.1) is 0 Å². The molecule has 2 heterocycles. The van der Waals surface area contributed by atoms with Gasteiger partial charge in [-0.05, 0) is 61.5 Å². The molecule has 2 aliphatic rings. The van der Waals surface area contributed by atoms with Crippen LogP contribution in [0, 0.1) is 11.8 Å². The van der Waals surface area contributed by atoms with Crippen molar-refractivity contribution < 1.29 is 14.8 Å². The highest BCUT2D eigenvalue weighted by Gasteiger charge is 2.31. The molecule has 2 unspecified atom stereocenters. The molecule has 1 fully saturated rings. The highest BCUT2D eigenvalue weighted by molar-refractivity contribution is 5.93. The lowest BCUT2D eigenvalue weighted by atomic mass is 9.87. The Morgan fingerprint density at radius 1 is 1.25 bits per heavy atom. The molecule has 0 bridgehead atoms. The SMILES string of the molecule is CC1CCNCCC1C(=O)N1CCc2cc(C(=O)NO)ccc2C1. The molecule has 130 valence electrons. The normalized spacial score (nSPS) is 24.0. The van der Waals surface area contributed by atoms with Crippen molar-refractivity contribution in [3.8, 4) is 0 Å². The number of rotatable bonds is 2. The van der Waals surface area contributed by atoms with Gasteiger partial charge in [0.2, 0.25) is 5.91 Å². The van der Waals surface area contributed by atoms with Crippen molar-refractivity contribution in [2.75, 3.05) is 19.6 Å². The molecule has 6 heteroatoms. The molecule has 1 saturated heterocycles. The summed E-state index contributed by atoms with van der Waals surface area (Å²) < 4.78 is 0. The van der Waals surface area contributed by atoms with Crippen molar-refractivity contribution in [2.45, 2.75) is 32.7 Å². The minimum absolute atomic E-state index is 0.0981. The summed E-state index contributed by atoms with van der Waals surface area (Å²) in [6, 6.07) is 5.38. The number of hydrogen-bond donors (Lipinski definition) is 3. The second kappa shape index (κ2) is 7.32. The minimum atomic E-state index is -0.504. The monoisotopic (exact) mass is 331 g/mol. The third-order valence-electron chi connectivity index (χ3n) is 5.31. The summed E-state index contributed by atoms with van der Waals surface area (Å²) >= 11 is 0. The zero-order valence-electron chi connectivity index (χ0n) is 14.0. The van der Waals surface area contributed by atoms with Crippen molar-refractivity contribution in [2.24, 2.45) is 11.8 Å². The fourth-order valence-corrected chi connectivity index (χ4v) is 3.75. The number of nitrogens with zero attached hydrogens (tertiary/aromatic N) is 1. The van der Waals surface area contributed by atoms with Gasteiger partial charge in [0.1, 0.15) is 0 Å². The maximum absolute atomic E-state index is 12.9. The van der Waals surface area contributed by atoms with Crippen LogP contribution in [0.2, 0.25) is 0 Å². The second-order valence-corrected chi connectivity index (χ2v) is 6.85. The molecule has 3 N–H and O–H groups in total. The molecule has 0 radical (unpaired) electrons. The predicted molar refractivity (Wildman–Crippen MR) is 89.6 cm³/mol. The maximum Gasteiger partial charge on any atom is 0.274 e. The summed E-state index contributed by atoms with van der Waals surface area (Å²) in [6.45, 7) is 5.36. The van der Waals surface area contributed by atoms with Crippen LogP contribution in [0.3, 0.4) is 0 Å². The maximum atomic E-state index is 12.9. The van der Waals surface area contributed by atoms with Crippen molar-refractivity contribution in [3.05, 3.63) is 34.9 Å². The van der Waals surface area contributed by atoms with Gasteiger partial charge in [-0.3, -0.25) is 14.8 Å². The summed E-state index contributed by atoms with van der Waals surface area (Å²) in [4.78, 5) is 26.4. The van der Waals surface area contributed by atoms with E-state index in [0.717, 1.165) is 43.5 Å². The largest absolute Gasteiger partial charge is 0.338 e. The summed E-state index contributed by atoms with van der Waals surface area (Å²) in [5, 5.41) is 12.1. The number of fused-ring (bicyclic) bond motifs is 1. The summed E-state index contributed by atoms with van der Waals surface area (Å²) in [5.74, 6) is 0.260. The van der Waals surface area contributed by atoms with E-state index in [4.69, 9.17) is 5.21 Å².